The molecule has 5 rings (SSSR count). The van der Waals surface area contributed by atoms with E-state index in [1.165, 1.54) is 28.5 Å². The van der Waals surface area contributed by atoms with Crippen LogP contribution in [0.4, 0.5) is 16.4 Å². The molecule has 0 N–H and O–H groups in total. The molecule has 2 saturated heterocycles. The number of nitro benzene ring substituents is 1. The molecule has 38 heavy (non-hydrogen) atoms. The van der Waals surface area contributed by atoms with E-state index >= 15 is 0 Å². The second kappa shape index (κ2) is 9.66. The Kier molecular flexibility index (Phi) is 6.49. The van der Waals surface area contributed by atoms with Crippen LogP contribution in [0.25, 0.3) is 0 Å². The fourth-order valence-corrected chi connectivity index (χ4v) is 6.16. The van der Waals surface area contributed by atoms with Crippen molar-refractivity contribution in [1.29, 1.82) is 0 Å². The van der Waals surface area contributed by atoms with Gasteiger partial charge in [-0.25, -0.2) is 14.8 Å². The number of benzene rings is 2. The number of hydroxylamine groups is 1. The molecule has 3 aromatic rings. The molecule has 2 fully saturated rings. The summed E-state index contributed by atoms with van der Waals surface area (Å²) in [7, 11) is 0. The lowest BCUT2D eigenvalue weighted by Crippen LogP contribution is -2.38. The molecule has 0 spiro atoms. The topological polar surface area (TPSA) is 119 Å². The van der Waals surface area contributed by atoms with Crippen molar-refractivity contribution in [3.05, 3.63) is 85.8 Å². The number of rotatable bonds is 6. The van der Waals surface area contributed by atoms with Crippen molar-refractivity contribution in [1.82, 2.24) is 0 Å². The van der Waals surface area contributed by atoms with Gasteiger partial charge in [-0.2, -0.15) is 0 Å². The standard InChI is InChI=1S/C27H25N3O7S/c1-5-36-27(33)20-15(3)16(4)38-26(20)28-24(31)21-22(17-10-8-11-18(13-17)30(34)35)29(37-23(21)25(28)32)19-12-7-6-9-14(19)2/h6-13,21-23H,5H2,1-4H3. The zero-order valence-electron chi connectivity index (χ0n) is 21.2. The van der Waals surface area contributed by atoms with E-state index in [2.05, 4.69) is 0 Å². The van der Waals surface area contributed by atoms with E-state index in [4.69, 9.17) is 9.57 Å². The van der Waals surface area contributed by atoms with Gasteiger partial charge in [-0.15, -0.1) is 11.3 Å². The minimum absolute atomic E-state index is 0.140. The number of non-ortho nitro benzene ring substituents is 1. The fraction of sp³-hybridized carbons (Fsp3) is 0.296. The molecule has 3 atom stereocenters. The predicted octanol–water partition coefficient (Wildman–Crippen LogP) is 4.81. The number of hydrogen-bond acceptors (Lipinski definition) is 9. The Balaban J connectivity index is 1.63. The quantitative estimate of drug-likeness (QED) is 0.191. The Morgan fingerprint density at radius 1 is 1.11 bits per heavy atom. The Hall–Kier alpha value is -4.09. The molecule has 1 aromatic heterocycles. The number of anilines is 2. The molecule has 3 unspecified atom stereocenters. The average Bonchev–Trinajstić information content (AvgIpc) is 3.49. The molecule has 11 heteroatoms. The number of ether oxygens (including phenoxy) is 1. The van der Waals surface area contributed by atoms with E-state index in [1.54, 1.807) is 39.0 Å². The third kappa shape index (κ3) is 3.95. The number of nitro groups is 1. The molecule has 10 nitrogen and oxygen atoms in total. The number of fused-ring (bicyclic) bond motifs is 1. The van der Waals surface area contributed by atoms with Crippen molar-refractivity contribution >= 4 is 45.5 Å². The summed E-state index contributed by atoms with van der Waals surface area (Å²) in [5.74, 6) is -2.75. The summed E-state index contributed by atoms with van der Waals surface area (Å²) in [6, 6.07) is 12.5. The maximum absolute atomic E-state index is 14.0. The van der Waals surface area contributed by atoms with E-state index < -0.39 is 40.8 Å². The Bertz CT molecular complexity index is 1480. The summed E-state index contributed by atoms with van der Waals surface area (Å²) in [5.41, 5.74) is 2.62. The molecule has 0 radical (unpaired) electrons. The van der Waals surface area contributed by atoms with Crippen LogP contribution < -0.4 is 9.96 Å². The van der Waals surface area contributed by atoms with Gasteiger partial charge in [-0.05, 0) is 50.5 Å². The maximum Gasteiger partial charge on any atom is 0.341 e. The highest BCUT2D eigenvalue weighted by Crippen LogP contribution is 2.50. The Morgan fingerprint density at radius 2 is 1.84 bits per heavy atom. The first kappa shape index (κ1) is 25.6. The summed E-state index contributed by atoms with van der Waals surface area (Å²) in [5, 5.41) is 13.2. The summed E-state index contributed by atoms with van der Waals surface area (Å²) < 4.78 is 5.22. The maximum atomic E-state index is 14.0. The van der Waals surface area contributed by atoms with Gasteiger partial charge in [-0.3, -0.25) is 24.5 Å². The molecule has 0 saturated carbocycles. The number of nitrogens with zero attached hydrogens (tertiary/aromatic N) is 3. The number of amides is 2. The minimum Gasteiger partial charge on any atom is -0.462 e. The largest absolute Gasteiger partial charge is 0.462 e. The van der Waals surface area contributed by atoms with Crippen molar-refractivity contribution < 1.29 is 28.9 Å². The van der Waals surface area contributed by atoms with Gasteiger partial charge in [0.1, 0.15) is 10.9 Å². The van der Waals surface area contributed by atoms with Gasteiger partial charge >= 0.3 is 5.97 Å². The number of para-hydroxylation sites is 1. The Labute approximate surface area is 222 Å². The lowest BCUT2D eigenvalue weighted by atomic mass is 9.90. The van der Waals surface area contributed by atoms with Crippen molar-refractivity contribution in [3.63, 3.8) is 0 Å². The number of carbonyl (C=O) groups is 3. The van der Waals surface area contributed by atoms with E-state index in [0.29, 0.717) is 16.8 Å². The minimum atomic E-state index is -1.18. The van der Waals surface area contributed by atoms with Crippen LogP contribution in [0.2, 0.25) is 0 Å². The second-order valence-electron chi connectivity index (χ2n) is 9.16. The van der Waals surface area contributed by atoms with Gasteiger partial charge in [0.25, 0.3) is 11.6 Å². The molecule has 0 bridgehead atoms. The van der Waals surface area contributed by atoms with E-state index in [-0.39, 0.29) is 22.9 Å². The van der Waals surface area contributed by atoms with Crippen LogP contribution in [0.3, 0.4) is 0 Å². The van der Waals surface area contributed by atoms with Crippen LogP contribution in [0.5, 0.6) is 0 Å². The highest BCUT2D eigenvalue weighted by molar-refractivity contribution is 7.17. The summed E-state index contributed by atoms with van der Waals surface area (Å²) in [6.45, 7) is 7.25. The van der Waals surface area contributed by atoms with E-state index in [9.17, 15) is 24.5 Å². The van der Waals surface area contributed by atoms with Gasteiger partial charge < -0.3 is 4.74 Å². The average molecular weight is 536 g/mol. The van der Waals surface area contributed by atoms with Crippen molar-refractivity contribution in [2.75, 3.05) is 16.6 Å². The summed E-state index contributed by atoms with van der Waals surface area (Å²) in [4.78, 5) is 59.6. The molecule has 2 amide bonds. The summed E-state index contributed by atoms with van der Waals surface area (Å²) in [6.07, 6.45) is -1.18. The van der Waals surface area contributed by atoms with Crippen LogP contribution >= 0.6 is 11.3 Å². The molecule has 2 aliphatic rings. The predicted molar refractivity (Wildman–Crippen MR) is 140 cm³/mol. The number of hydrogen-bond donors (Lipinski definition) is 0. The van der Waals surface area contributed by atoms with Crippen LogP contribution in [0, 0.1) is 36.8 Å². The SMILES string of the molecule is CCOC(=O)c1c(N2C(=O)C3ON(c4ccccc4C)C(c4cccc([N+](=O)[O-])c4)C3C2=O)sc(C)c1C. The van der Waals surface area contributed by atoms with Crippen LogP contribution in [0.1, 0.15) is 44.9 Å². The van der Waals surface area contributed by atoms with E-state index in [1.807, 2.05) is 25.1 Å². The van der Waals surface area contributed by atoms with Crippen molar-refractivity contribution in [3.8, 4) is 0 Å². The Morgan fingerprint density at radius 3 is 2.53 bits per heavy atom. The smallest absolute Gasteiger partial charge is 0.341 e. The fourth-order valence-electron chi connectivity index (χ4n) is 5.01. The van der Waals surface area contributed by atoms with Gasteiger partial charge in [0.15, 0.2) is 6.10 Å². The third-order valence-corrected chi connectivity index (χ3v) is 8.13. The van der Waals surface area contributed by atoms with Gasteiger partial charge in [0.2, 0.25) is 5.91 Å². The highest BCUT2D eigenvalue weighted by Gasteiger charge is 2.61. The highest BCUT2D eigenvalue weighted by atomic mass is 32.1. The zero-order valence-corrected chi connectivity index (χ0v) is 22.0. The lowest BCUT2D eigenvalue weighted by molar-refractivity contribution is -0.384. The van der Waals surface area contributed by atoms with Crippen molar-refractivity contribution in [2.45, 2.75) is 39.8 Å². The van der Waals surface area contributed by atoms with Crippen LogP contribution in [0.15, 0.2) is 48.5 Å². The van der Waals surface area contributed by atoms with Crippen molar-refractivity contribution in [2.24, 2.45) is 5.92 Å². The number of esters is 1. The number of carbonyl (C=O) groups excluding carboxylic acids is 3. The van der Waals surface area contributed by atoms with Gasteiger partial charge in [-0.1, -0.05) is 30.3 Å². The number of aryl methyl sites for hydroxylation is 2. The molecule has 3 heterocycles. The molecular formula is C27H25N3O7S. The van der Waals surface area contributed by atoms with Gasteiger partial charge in [0, 0.05) is 17.0 Å². The molecule has 196 valence electrons. The molecule has 2 aliphatic heterocycles. The molecule has 0 aliphatic carbocycles. The number of imide groups is 1. The first-order chi connectivity index (χ1) is 18.1. The molecule has 2 aromatic carbocycles. The zero-order chi connectivity index (χ0) is 27.3. The number of thiophene rings is 1. The van der Waals surface area contributed by atoms with Gasteiger partial charge in [0.05, 0.1) is 28.8 Å². The van der Waals surface area contributed by atoms with Crippen LogP contribution in [-0.4, -0.2) is 35.4 Å². The summed E-state index contributed by atoms with van der Waals surface area (Å²) >= 11 is 1.17. The van der Waals surface area contributed by atoms with E-state index in [0.717, 1.165) is 15.3 Å². The van der Waals surface area contributed by atoms with Crippen LogP contribution in [-0.2, 0) is 19.2 Å². The lowest BCUT2D eigenvalue weighted by Gasteiger charge is -2.29. The second-order valence-corrected chi connectivity index (χ2v) is 10.4. The molecular weight excluding hydrogens is 510 g/mol. The first-order valence-electron chi connectivity index (χ1n) is 12.1. The third-order valence-electron chi connectivity index (χ3n) is 6.94. The normalized spacial score (nSPS) is 20.7. The first-order valence-corrected chi connectivity index (χ1v) is 12.9. The monoisotopic (exact) mass is 535 g/mol.